The topological polar surface area (TPSA) is 39.9 Å². The number of benzene rings is 1. The Hall–Kier alpha value is -2.36. The van der Waals surface area contributed by atoms with E-state index in [1.54, 1.807) is 6.20 Å². The van der Waals surface area contributed by atoms with E-state index in [2.05, 4.69) is 23.1 Å². The molecule has 0 bridgehead atoms. The SMILES string of the molecule is CCc1cc(COc2cnc3ccccc3c2)n(C)n1. The number of hydrogen-bond donors (Lipinski definition) is 0. The minimum atomic E-state index is 0.503. The predicted molar refractivity (Wildman–Crippen MR) is 78.7 cm³/mol. The first-order chi connectivity index (χ1) is 9.76. The minimum Gasteiger partial charge on any atom is -0.486 e. The summed E-state index contributed by atoms with van der Waals surface area (Å²) < 4.78 is 7.68. The van der Waals surface area contributed by atoms with Crippen molar-refractivity contribution in [3.63, 3.8) is 0 Å². The van der Waals surface area contributed by atoms with Crippen LogP contribution in [0.25, 0.3) is 10.9 Å². The molecular weight excluding hydrogens is 250 g/mol. The summed E-state index contributed by atoms with van der Waals surface area (Å²) in [6.07, 6.45) is 2.70. The van der Waals surface area contributed by atoms with Crippen molar-refractivity contribution in [2.45, 2.75) is 20.0 Å². The van der Waals surface area contributed by atoms with Crippen LogP contribution in [0.4, 0.5) is 0 Å². The lowest BCUT2D eigenvalue weighted by Gasteiger charge is -2.06. The number of rotatable bonds is 4. The maximum atomic E-state index is 5.82. The first kappa shape index (κ1) is 12.7. The number of ether oxygens (including phenoxy) is 1. The van der Waals surface area contributed by atoms with Crippen molar-refractivity contribution in [2.24, 2.45) is 7.05 Å². The maximum absolute atomic E-state index is 5.82. The molecule has 0 saturated heterocycles. The van der Waals surface area contributed by atoms with Crippen molar-refractivity contribution in [1.29, 1.82) is 0 Å². The second-order valence-corrected chi connectivity index (χ2v) is 4.76. The number of nitrogens with zero attached hydrogens (tertiary/aromatic N) is 3. The Labute approximate surface area is 118 Å². The first-order valence-electron chi connectivity index (χ1n) is 6.75. The Balaban J connectivity index is 1.77. The van der Waals surface area contributed by atoms with Gasteiger partial charge in [0.25, 0.3) is 0 Å². The van der Waals surface area contributed by atoms with Gasteiger partial charge in [-0.25, -0.2) is 0 Å². The largest absolute Gasteiger partial charge is 0.486 e. The Morgan fingerprint density at radius 2 is 2.05 bits per heavy atom. The number of aryl methyl sites for hydroxylation is 2. The summed E-state index contributed by atoms with van der Waals surface area (Å²) in [5, 5.41) is 5.50. The van der Waals surface area contributed by atoms with E-state index in [1.165, 1.54) is 0 Å². The van der Waals surface area contributed by atoms with Crippen LogP contribution in [0.15, 0.2) is 42.6 Å². The molecule has 4 heteroatoms. The molecule has 0 saturated carbocycles. The smallest absolute Gasteiger partial charge is 0.138 e. The lowest BCUT2D eigenvalue weighted by molar-refractivity contribution is 0.294. The van der Waals surface area contributed by atoms with Gasteiger partial charge in [-0.3, -0.25) is 9.67 Å². The van der Waals surface area contributed by atoms with Crippen LogP contribution >= 0.6 is 0 Å². The number of para-hydroxylation sites is 1. The third kappa shape index (κ3) is 2.50. The van der Waals surface area contributed by atoms with Crippen molar-refractivity contribution in [1.82, 2.24) is 14.8 Å². The zero-order chi connectivity index (χ0) is 13.9. The summed E-state index contributed by atoms with van der Waals surface area (Å²) in [4.78, 5) is 4.39. The molecule has 0 spiro atoms. The molecule has 3 aromatic rings. The van der Waals surface area contributed by atoms with Crippen molar-refractivity contribution < 1.29 is 4.74 Å². The fourth-order valence-electron chi connectivity index (χ4n) is 2.17. The highest BCUT2D eigenvalue weighted by Gasteiger charge is 2.05. The number of hydrogen-bond acceptors (Lipinski definition) is 3. The molecule has 0 N–H and O–H groups in total. The standard InChI is InChI=1S/C16H17N3O/c1-3-13-9-14(19(2)18-13)11-20-15-8-12-6-4-5-7-16(12)17-10-15/h4-10H,3,11H2,1-2H3. The number of aromatic nitrogens is 3. The molecule has 3 rings (SSSR count). The van der Waals surface area contributed by atoms with Crippen LogP contribution in [0.2, 0.25) is 0 Å². The van der Waals surface area contributed by atoms with E-state index in [0.717, 1.165) is 34.5 Å². The molecule has 4 nitrogen and oxygen atoms in total. The fraction of sp³-hybridized carbons (Fsp3) is 0.250. The van der Waals surface area contributed by atoms with Gasteiger partial charge in [0.05, 0.1) is 23.1 Å². The van der Waals surface area contributed by atoms with Gasteiger partial charge in [0.2, 0.25) is 0 Å². The van der Waals surface area contributed by atoms with Gasteiger partial charge in [-0.05, 0) is 24.6 Å². The van der Waals surface area contributed by atoms with E-state index >= 15 is 0 Å². The molecular formula is C16H17N3O. The molecule has 2 aromatic heterocycles. The highest BCUT2D eigenvalue weighted by atomic mass is 16.5. The van der Waals surface area contributed by atoms with Crippen LogP contribution in [0, 0.1) is 0 Å². The van der Waals surface area contributed by atoms with Crippen LogP contribution in [0.3, 0.4) is 0 Å². The molecule has 0 amide bonds. The lowest BCUT2D eigenvalue weighted by Crippen LogP contribution is -2.03. The van der Waals surface area contributed by atoms with Crippen molar-refractivity contribution in [3.8, 4) is 5.75 Å². The first-order valence-corrected chi connectivity index (χ1v) is 6.75. The van der Waals surface area contributed by atoms with Crippen molar-refractivity contribution in [3.05, 3.63) is 54.0 Å². The Morgan fingerprint density at radius 3 is 2.85 bits per heavy atom. The molecule has 20 heavy (non-hydrogen) atoms. The van der Waals surface area contributed by atoms with Crippen LogP contribution in [0.1, 0.15) is 18.3 Å². The summed E-state index contributed by atoms with van der Waals surface area (Å²) in [6.45, 7) is 2.60. The highest BCUT2D eigenvalue weighted by Crippen LogP contribution is 2.19. The molecule has 1 aromatic carbocycles. The van der Waals surface area contributed by atoms with Gasteiger partial charge in [0.1, 0.15) is 12.4 Å². The highest BCUT2D eigenvalue weighted by molar-refractivity contribution is 5.79. The third-order valence-corrected chi connectivity index (χ3v) is 3.34. The maximum Gasteiger partial charge on any atom is 0.138 e. The molecule has 0 unspecified atom stereocenters. The Bertz CT molecular complexity index is 733. The monoisotopic (exact) mass is 267 g/mol. The van der Waals surface area contributed by atoms with Gasteiger partial charge < -0.3 is 4.74 Å². The van der Waals surface area contributed by atoms with E-state index in [1.807, 2.05) is 42.1 Å². The third-order valence-electron chi connectivity index (χ3n) is 3.34. The zero-order valence-electron chi connectivity index (χ0n) is 11.7. The van der Waals surface area contributed by atoms with Crippen LogP contribution in [0.5, 0.6) is 5.75 Å². The predicted octanol–water partition coefficient (Wildman–Crippen LogP) is 3.11. The van der Waals surface area contributed by atoms with Gasteiger partial charge in [-0.2, -0.15) is 5.10 Å². The van der Waals surface area contributed by atoms with Crippen molar-refractivity contribution >= 4 is 10.9 Å². The average molecular weight is 267 g/mol. The summed E-state index contributed by atoms with van der Waals surface area (Å²) in [5.74, 6) is 0.781. The second-order valence-electron chi connectivity index (χ2n) is 4.76. The average Bonchev–Trinajstić information content (AvgIpc) is 2.85. The van der Waals surface area contributed by atoms with Gasteiger partial charge in [-0.1, -0.05) is 25.1 Å². The molecule has 0 aliphatic carbocycles. The van der Waals surface area contributed by atoms with Crippen LogP contribution in [-0.2, 0) is 20.1 Å². The van der Waals surface area contributed by atoms with Gasteiger partial charge in [-0.15, -0.1) is 0 Å². The van der Waals surface area contributed by atoms with Gasteiger partial charge in [0, 0.05) is 12.4 Å². The molecule has 0 aliphatic rings. The summed E-state index contributed by atoms with van der Waals surface area (Å²) in [7, 11) is 1.94. The van der Waals surface area contributed by atoms with E-state index < -0.39 is 0 Å². The van der Waals surface area contributed by atoms with E-state index in [9.17, 15) is 0 Å². The number of fused-ring (bicyclic) bond motifs is 1. The van der Waals surface area contributed by atoms with E-state index in [4.69, 9.17) is 4.74 Å². The summed E-state index contributed by atoms with van der Waals surface area (Å²) in [6, 6.07) is 12.1. The lowest BCUT2D eigenvalue weighted by atomic mass is 10.2. The minimum absolute atomic E-state index is 0.503. The molecule has 0 atom stereocenters. The summed E-state index contributed by atoms with van der Waals surface area (Å²) >= 11 is 0. The van der Waals surface area contributed by atoms with Gasteiger partial charge in [0.15, 0.2) is 0 Å². The number of pyridine rings is 1. The fourth-order valence-corrected chi connectivity index (χ4v) is 2.17. The quantitative estimate of drug-likeness (QED) is 0.729. The van der Waals surface area contributed by atoms with Crippen LogP contribution in [-0.4, -0.2) is 14.8 Å². The molecule has 102 valence electrons. The normalized spacial score (nSPS) is 10.9. The molecule has 0 fully saturated rings. The molecule has 2 heterocycles. The van der Waals surface area contributed by atoms with E-state index in [-0.39, 0.29) is 0 Å². The van der Waals surface area contributed by atoms with Crippen molar-refractivity contribution in [2.75, 3.05) is 0 Å². The van der Waals surface area contributed by atoms with Gasteiger partial charge >= 0.3 is 0 Å². The Morgan fingerprint density at radius 1 is 1.20 bits per heavy atom. The summed E-state index contributed by atoms with van der Waals surface area (Å²) in [5.41, 5.74) is 3.13. The molecule has 0 radical (unpaired) electrons. The molecule has 0 aliphatic heterocycles. The van der Waals surface area contributed by atoms with Crippen LogP contribution < -0.4 is 4.74 Å². The zero-order valence-corrected chi connectivity index (χ0v) is 11.7. The Kier molecular flexibility index (Phi) is 3.37. The van der Waals surface area contributed by atoms with E-state index in [0.29, 0.717) is 6.61 Å². The second kappa shape index (κ2) is 5.33.